The van der Waals surface area contributed by atoms with Gasteiger partial charge in [0.1, 0.15) is 10.7 Å². The van der Waals surface area contributed by atoms with Gasteiger partial charge in [-0.25, -0.2) is 4.98 Å². The molecule has 0 fully saturated rings. The first-order valence-electron chi connectivity index (χ1n) is 10.4. The first-order valence-corrected chi connectivity index (χ1v) is 12.0. The average molecular weight is 512 g/mol. The molecule has 0 aliphatic heterocycles. The maximum absolute atomic E-state index is 13.3. The number of aryl methyl sites for hydroxylation is 2. The van der Waals surface area contributed by atoms with Crippen LogP contribution in [-0.2, 0) is 30.0 Å². The molecule has 5 rings (SSSR count). The molecule has 0 saturated carbocycles. The van der Waals surface area contributed by atoms with Gasteiger partial charge in [-0.15, -0.1) is 11.3 Å². The van der Waals surface area contributed by atoms with Gasteiger partial charge in [-0.05, 0) is 36.4 Å². The second-order valence-electron chi connectivity index (χ2n) is 7.97. The highest BCUT2D eigenvalue weighted by atomic mass is 35.5. The number of ether oxygens (including phenoxy) is 1. The van der Waals surface area contributed by atoms with E-state index in [2.05, 4.69) is 11.1 Å². The van der Waals surface area contributed by atoms with Crippen molar-refractivity contribution in [3.8, 4) is 21.7 Å². The van der Waals surface area contributed by atoms with E-state index in [1.807, 2.05) is 35.2 Å². The number of halogens is 2. The second kappa shape index (κ2) is 8.58. The van der Waals surface area contributed by atoms with Crippen LogP contribution in [0.1, 0.15) is 5.69 Å². The van der Waals surface area contributed by atoms with Crippen LogP contribution < -0.4 is 5.56 Å². The van der Waals surface area contributed by atoms with E-state index >= 15 is 0 Å². The fourth-order valence-corrected chi connectivity index (χ4v) is 5.59. The van der Waals surface area contributed by atoms with Gasteiger partial charge in [-0.3, -0.25) is 14.2 Å². The van der Waals surface area contributed by atoms with Gasteiger partial charge in [0.25, 0.3) is 5.56 Å². The largest absolute Gasteiger partial charge is 0.469 e. The number of benzene rings is 2. The van der Waals surface area contributed by atoms with Crippen LogP contribution in [0.25, 0.3) is 43.6 Å². The highest BCUT2D eigenvalue weighted by Crippen LogP contribution is 2.35. The molecule has 0 unspecified atom stereocenters. The fourth-order valence-electron chi connectivity index (χ4n) is 4.27. The minimum atomic E-state index is -0.323. The molecular weight excluding hydrogens is 493 g/mol. The Bertz CT molecular complexity index is 1670. The minimum absolute atomic E-state index is 0.136. The monoisotopic (exact) mass is 511 g/mol. The van der Waals surface area contributed by atoms with Crippen LogP contribution in [0, 0.1) is 0 Å². The van der Waals surface area contributed by atoms with Crippen LogP contribution in [-0.4, -0.2) is 27.2 Å². The van der Waals surface area contributed by atoms with Crippen molar-refractivity contribution in [2.24, 2.45) is 14.1 Å². The molecule has 172 valence electrons. The third-order valence-corrected chi connectivity index (χ3v) is 7.41. The molecule has 0 spiro atoms. The van der Waals surface area contributed by atoms with E-state index in [0.29, 0.717) is 26.9 Å². The molecule has 0 aliphatic carbocycles. The van der Waals surface area contributed by atoms with Gasteiger partial charge in [0.05, 0.1) is 29.8 Å². The van der Waals surface area contributed by atoms with Crippen molar-refractivity contribution < 1.29 is 9.53 Å². The fraction of sp³-hybridized carbons (Fsp3) is 0.160. The van der Waals surface area contributed by atoms with Crippen LogP contribution >= 0.6 is 34.5 Å². The first kappa shape index (κ1) is 22.7. The molecule has 3 heterocycles. The summed E-state index contributed by atoms with van der Waals surface area (Å²) in [5.41, 5.74) is 4.39. The Hall–Kier alpha value is -3.13. The maximum Gasteiger partial charge on any atom is 0.311 e. The number of hydrogen-bond donors (Lipinski definition) is 0. The summed E-state index contributed by atoms with van der Waals surface area (Å²) in [6.07, 6.45) is 0.136. The van der Waals surface area contributed by atoms with Crippen molar-refractivity contribution in [3.63, 3.8) is 0 Å². The van der Waals surface area contributed by atoms with Crippen molar-refractivity contribution >= 4 is 62.4 Å². The topological polar surface area (TPSA) is 66.1 Å². The molecule has 0 amide bonds. The normalized spacial score (nSPS) is 11.4. The van der Waals surface area contributed by atoms with E-state index in [4.69, 9.17) is 27.9 Å². The van der Waals surface area contributed by atoms with E-state index in [9.17, 15) is 9.59 Å². The molecule has 34 heavy (non-hydrogen) atoms. The summed E-state index contributed by atoms with van der Waals surface area (Å²) < 4.78 is 8.39. The molecule has 2 aromatic carbocycles. The van der Waals surface area contributed by atoms with Crippen molar-refractivity contribution in [1.82, 2.24) is 14.1 Å². The van der Waals surface area contributed by atoms with Crippen molar-refractivity contribution in [2.45, 2.75) is 6.42 Å². The Morgan fingerprint density at radius 1 is 1.03 bits per heavy atom. The number of thiazole rings is 1. The van der Waals surface area contributed by atoms with Crippen molar-refractivity contribution in [3.05, 3.63) is 73.9 Å². The van der Waals surface area contributed by atoms with Crippen LogP contribution in [0.2, 0.25) is 10.0 Å². The van der Waals surface area contributed by atoms with E-state index < -0.39 is 0 Å². The second-order valence-corrected chi connectivity index (χ2v) is 9.67. The minimum Gasteiger partial charge on any atom is -0.469 e. The highest BCUT2D eigenvalue weighted by Gasteiger charge is 2.18. The number of carbonyl (C=O) groups is 1. The maximum atomic E-state index is 13.3. The molecule has 0 atom stereocenters. The summed E-state index contributed by atoms with van der Waals surface area (Å²) in [4.78, 5) is 29.5. The SMILES string of the molecule is COC(=O)Cc1csc(-c2ccc3c(c2)c2cc(-c4ccc(Cl)cc4Cl)c(=O)n(C)c2n3C)n1. The Morgan fingerprint density at radius 2 is 1.82 bits per heavy atom. The molecular formula is C25H19Cl2N3O3S. The Morgan fingerprint density at radius 3 is 2.56 bits per heavy atom. The van der Waals surface area contributed by atoms with Crippen molar-refractivity contribution in [1.29, 1.82) is 0 Å². The third kappa shape index (κ3) is 3.70. The molecule has 3 aromatic heterocycles. The van der Waals surface area contributed by atoms with Gasteiger partial charge >= 0.3 is 5.97 Å². The Kier molecular flexibility index (Phi) is 5.72. The van der Waals surface area contributed by atoms with Crippen LogP contribution in [0.4, 0.5) is 0 Å². The molecule has 0 saturated heterocycles. The van der Waals surface area contributed by atoms with Gasteiger partial charge in [0.2, 0.25) is 0 Å². The zero-order valence-electron chi connectivity index (χ0n) is 18.6. The molecule has 0 N–H and O–H groups in total. The third-order valence-electron chi connectivity index (χ3n) is 5.92. The Balaban J connectivity index is 1.72. The van der Waals surface area contributed by atoms with E-state index in [1.54, 1.807) is 29.8 Å². The van der Waals surface area contributed by atoms with E-state index in [1.165, 1.54) is 18.4 Å². The average Bonchev–Trinajstić information content (AvgIpc) is 3.39. The van der Waals surface area contributed by atoms with Gasteiger partial charge in [0.15, 0.2) is 0 Å². The first-order chi connectivity index (χ1) is 16.3. The molecule has 6 nitrogen and oxygen atoms in total. The zero-order chi connectivity index (χ0) is 24.1. The predicted molar refractivity (Wildman–Crippen MR) is 138 cm³/mol. The summed E-state index contributed by atoms with van der Waals surface area (Å²) in [5.74, 6) is -0.323. The summed E-state index contributed by atoms with van der Waals surface area (Å²) in [6.45, 7) is 0. The van der Waals surface area contributed by atoms with Crippen LogP contribution in [0.5, 0.6) is 0 Å². The molecule has 0 radical (unpaired) electrons. The standard InChI is InChI=1S/C25H19Cl2N3O3S/c1-29-21-7-4-13(23-28-15(12-34-23)10-22(31)33-3)8-17(21)18-11-19(25(32)30(2)24(18)29)16-6-5-14(26)9-20(16)27/h4-9,11-12H,10H2,1-3H3. The predicted octanol–water partition coefficient (Wildman–Crippen LogP) is 5.84. The van der Waals surface area contributed by atoms with E-state index in [-0.39, 0.29) is 17.9 Å². The molecule has 0 bridgehead atoms. The number of methoxy groups -OCH3 is 1. The quantitative estimate of drug-likeness (QED) is 0.284. The highest BCUT2D eigenvalue weighted by molar-refractivity contribution is 7.13. The number of aromatic nitrogens is 3. The number of hydrogen-bond acceptors (Lipinski definition) is 5. The lowest BCUT2D eigenvalue weighted by atomic mass is 10.0. The summed E-state index contributed by atoms with van der Waals surface area (Å²) >= 11 is 14.0. The van der Waals surface area contributed by atoms with Gasteiger partial charge in [-0.1, -0.05) is 29.3 Å². The van der Waals surface area contributed by atoms with Gasteiger partial charge < -0.3 is 9.30 Å². The Labute approximate surface area is 208 Å². The number of nitrogens with zero attached hydrogens (tertiary/aromatic N) is 3. The number of pyridine rings is 1. The van der Waals surface area contributed by atoms with Crippen LogP contribution in [0.15, 0.2) is 52.6 Å². The summed E-state index contributed by atoms with van der Waals surface area (Å²) in [6, 6.07) is 13.1. The zero-order valence-corrected chi connectivity index (χ0v) is 20.9. The van der Waals surface area contributed by atoms with E-state index in [0.717, 1.165) is 32.5 Å². The number of fused-ring (bicyclic) bond motifs is 3. The lowest BCUT2D eigenvalue weighted by Crippen LogP contribution is -2.20. The smallest absolute Gasteiger partial charge is 0.311 e. The van der Waals surface area contributed by atoms with Crippen molar-refractivity contribution in [2.75, 3.05) is 7.11 Å². The van der Waals surface area contributed by atoms with Gasteiger partial charge in [0, 0.05) is 52.0 Å². The number of rotatable bonds is 4. The molecule has 5 aromatic rings. The lowest BCUT2D eigenvalue weighted by Gasteiger charge is -2.09. The lowest BCUT2D eigenvalue weighted by molar-refractivity contribution is -0.139. The molecule has 9 heteroatoms. The molecule has 0 aliphatic rings. The van der Waals surface area contributed by atoms with Crippen LogP contribution in [0.3, 0.4) is 0 Å². The number of esters is 1. The number of carbonyl (C=O) groups excluding carboxylic acids is 1. The summed E-state index contributed by atoms with van der Waals surface area (Å²) in [5, 5.41) is 5.52. The summed E-state index contributed by atoms with van der Waals surface area (Å²) in [7, 11) is 5.07. The van der Waals surface area contributed by atoms with Gasteiger partial charge in [-0.2, -0.15) is 0 Å².